The first kappa shape index (κ1) is 25.6. The molecule has 4 rings (SSSR count). The van der Waals surface area contributed by atoms with Crippen molar-refractivity contribution in [2.45, 2.75) is 45.0 Å². The minimum Gasteiger partial charge on any atom is -0.536 e. The van der Waals surface area contributed by atoms with Crippen molar-refractivity contribution in [3.8, 4) is 5.75 Å². The van der Waals surface area contributed by atoms with E-state index in [1.54, 1.807) is 12.3 Å². The number of rotatable bonds is 6. The Morgan fingerprint density at radius 1 is 1.33 bits per heavy atom. The van der Waals surface area contributed by atoms with Gasteiger partial charge in [-0.2, -0.15) is 0 Å². The van der Waals surface area contributed by atoms with E-state index in [4.69, 9.17) is 10.4 Å². The Bertz CT molecular complexity index is 1220. The highest BCUT2D eigenvalue weighted by atomic mass is 32.1. The predicted molar refractivity (Wildman–Crippen MR) is 133 cm³/mol. The Hall–Kier alpha value is -3.45. The standard InChI is InChI=1S/C23H28BN5O6S/c1-4-28-8-9-29(20(32)19(28)31)22(33)27-23(3,16-12-36-21(25)26-16)17(30)11-15-10-14-7-5-6-13(2)18(14)35-24(15)34/h5-7,12,15,34H,4,8-11H2,1-3H3,(H2,25,26)(H,27,33)/t15-,23-/m1/s1. The van der Waals surface area contributed by atoms with Gasteiger partial charge in [0, 0.05) is 37.3 Å². The van der Waals surface area contributed by atoms with Gasteiger partial charge in [0.2, 0.25) is 0 Å². The Balaban J connectivity index is 1.57. The maximum Gasteiger partial charge on any atom is 0.526 e. The number of carbonyl (C=O) groups excluding carboxylic acids is 4. The molecule has 0 saturated carbocycles. The van der Waals surface area contributed by atoms with E-state index in [9.17, 15) is 24.2 Å². The number of aromatic nitrogens is 1. The number of hydrogen-bond donors (Lipinski definition) is 3. The van der Waals surface area contributed by atoms with Crippen molar-refractivity contribution in [3.05, 3.63) is 40.4 Å². The van der Waals surface area contributed by atoms with Gasteiger partial charge in [0.25, 0.3) is 0 Å². The summed E-state index contributed by atoms with van der Waals surface area (Å²) in [5.74, 6) is -2.16. The molecule has 0 aliphatic carbocycles. The van der Waals surface area contributed by atoms with Crippen LogP contribution in [0.3, 0.4) is 0 Å². The molecule has 0 spiro atoms. The molecule has 1 aromatic heterocycles. The van der Waals surface area contributed by atoms with Crippen LogP contribution in [0.2, 0.25) is 5.82 Å². The molecule has 1 aromatic carbocycles. The SMILES string of the molecule is CCN1CCN(C(=O)N[C@@](C)(C(=O)C[C@H]2Cc3cccc(C)c3OB2O)c2csc(N)n2)C(=O)C1=O. The number of piperazine rings is 1. The number of hydrogen-bond acceptors (Lipinski definition) is 9. The minimum atomic E-state index is -1.66. The van der Waals surface area contributed by atoms with Crippen LogP contribution in [0.15, 0.2) is 23.6 Å². The van der Waals surface area contributed by atoms with Crippen LogP contribution in [0, 0.1) is 6.92 Å². The number of urea groups is 1. The number of nitrogens with one attached hydrogen (secondary N) is 1. The number of ketones is 1. The number of nitrogens with two attached hydrogens (primary N) is 1. The van der Waals surface area contributed by atoms with Crippen LogP contribution in [0.25, 0.3) is 0 Å². The van der Waals surface area contributed by atoms with Crippen molar-refractivity contribution in [1.29, 1.82) is 0 Å². The topological polar surface area (TPSA) is 155 Å². The third kappa shape index (κ3) is 4.68. The number of amides is 4. The number of carbonyl (C=O) groups is 4. The number of Topliss-reactive ketones (excluding diaryl/α,β-unsaturated/α-hetero) is 1. The summed E-state index contributed by atoms with van der Waals surface area (Å²) >= 11 is 1.10. The van der Waals surface area contributed by atoms with Gasteiger partial charge in [0.1, 0.15) is 11.3 Å². The van der Waals surface area contributed by atoms with Crippen LogP contribution in [-0.2, 0) is 26.3 Å². The van der Waals surface area contributed by atoms with E-state index in [-0.39, 0.29) is 30.3 Å². The quantitative estimate of drug-likeness (QED) is 0.383. The molecule has 2 aromatic rings. The van der Waals surface area contributed by atoms with Crippen molar-refractivity contribution in [3.63, 3.8) is 0 Å². The van der Waals surface area contributed by atoms with Crippen molar-refractivity contribution in [1.82, 2.24) is 20.1 Å². The molecule has 4 amide bonds. The largest absolute Gasteiger partial charge is 0.536 e. The van der Waals surface area contributed by atoms with Crippen LogP contribution >= 0.6 is 11.3 Å². The Morgan fingerprint density at radius 3 is 2.75 bits per heavy atom. The predicted octanol–water partition coefficient (Wildman–Crippen LogP) is 1.09. The molecule has 0 unspecified atom stereocenters. The lowest BCUT2D eigenvalue weighted by atomic mass is 9.63. The molecule has 190 valence electrons. The van der Waals surface area contributed by atoms with Gasteiger partial charge in [-0.25, -0.2) is 9.78 Å². The maximum absolute atomic E-state index is 13.7. The molecule has 2 aliphatic rings. The number of anilines is 1. The number of nitrogen functional groups attached to an aromatic ring is 1. The molecular weight excluding hydrogens is 485 g/mol. The van der Waals surface area contributed by atoms with E-state index in [2.05, 4.69) is 10.3 Å². The Morgan fingerprint density at radius 2 is 2.08 bits per heavy atom. The molecule has 0 radical (unpaired) electrons. The lowest BCUT2D eigenvalue weighted by Crippen LogP contribution is -2.61. The lowest BCUT2D eigenvalue weighted by Gasteiger charge is -2.36. The smallest absolute Gasteiger partial charge is 0.526 e. The highest BCUT2D eigenvalue weighted by Gasteiger charge is 2.46. The molecule has 1 saturated heterocycles. The fourth-order valence-electron chi connectivity index (χ4n) is 4.50. The van der Waals surface area contributed by atoms with Gasteiger partial charge in [0.05, 0.1) is 5.69 Å². The third-order valence-corrected chi connectivity index (χ3v) is 7.42. The van der Waals surface area contributed by atoms with E-state index < -0.39 is 42.1 Å². The number of nitrogens with zero attached hydrogens (tertiary/aromatic N) is 3. The number of para-hydroxylation sites is 1. The van der Waals surface area contributed by atoms with Crippen LogP contribution in [0.4, 0.5) is 9.93 Å². The van der Waals surface area contributed by atoms with Crippen LogP contribution < -0.4 is 15.7 Å². The summed E-state index contributed by atoms with van der Waals surface area (Å²) in [6.07, 6.45) is 0.262. The number of thiazole rings is 1. The average Bonchev–Trinajstić information content (AvgIpc) is 3.28. The molecule has 1 fully saturated rings. The van der Waals surface area contributed by atoms with Crippen LogP contribution in [-0.4, -0.2) is 70.2 Å². The van der Waals surface area contributed by atoms with E-state index in [0.29, 0.717) is 18.7 Å². The van der Waals surface area contributed by atoms with Crippen LogP contribution in [0.5, 0.6) is 5.75 Å². The first-order chi connectivity index (χ1) is 17.0. The number of imide groups is 1. The second kappa shape index (κ2) is 9.90. The number of benzene rings is 1. The zero-order chi connectivity index (χ0) is 26.2. The van der Waals surface area contributed by atoms with Gasteiger partial charge in [-0.3, -0.25) is 19.3 Å². The molecule has 0 bridgehead atoms. The zero-order valence-corrected chi connectivity index (χ0v) is 21.1. The van der Waals surface area contributed by atoms with Crippen molar-refractivity contribution < 1.29 is 28.9 Å². The fourth-order valence-corrected chi connectivity index (χ4v) is 5.18. The second-order valence-electron chi connectivity index (χ2n) is 9.13. The van der Waals surface area contributed by atoms with Crippen molar-refractivity contribution in [2.75, 3.05) is 25.4 Å². The van der Waals surface area contributed by atoms with E-state index in [1.165, 1.54) is 11.8 Å². The average molecular weight is 513 g/mol. The Kier molecular flexibility index (Phi) is 7.05. The van der Waals surface area contributed by atoms with E-state index in [0.717, 1.165) is 27.4 Å². The summed E-state index contributed by atoms with van der Waals surface area (Å²) in [5.41, 5.74) is 6.10. The summed E-state index contributed by atoms with van der Waals surface area (Å²) in [6.45, 7) is 5.65. The van der Waals surface area contributed by atoms with Crippen LogP contribution in [0.1, 0.15) is 37.1 Å². The van der Waals surface area contributed by atoms with Gasteiger partial charge in [-0.05, 0) is 38.3 Å². The van der Waals surface area contributed by atoms with Gasteiger partial charge in [-0.1, -0.05) is 18.2 Å². The normalized spacial score (nSPS) is 19.4. The molecule has 4 N–H and O–H groups in total. The molecule has 13 heteroatoms. The summed E-state index contributed by atoms with van der Waals surface area (Å²) in [7, 11) is -1.22. The number of fused-ring (bicyclic) bond motifs is 1. The maximum atomic E-state index is 13.7. The molecular formula is C23H28BN5O6S. The van der Waals surface area contributed by atoms with Gasteiger partial charge >= 0.3 is 25.0 Å². The van der Waals surface area contributed by atoms with Crippen molar-refractivity contribution >= 4 is 47.2 Å². The first-order valence-corrected chi connectivity index (χ1v) is 12.5. The second-order valence-corrected chi connectivity index (χ2v) is 10.0. The van der Waals surface area contributed by atoms with E-state index >= 15 is 0 Å². The first-order valence-electron chi connectivity index (χ1n) is 11.7. The molecule has 2 atom stereocenters. The minimum absolute atomic E-state index is 0.000957. The number of aryl methyl sites for hydroxylation is 1. The zero-order valence-electron chi connectivity index (χ0n) is 20.3. The molecule has 36 heavy (non-hydrogen) atoms. The summed E-state index contributed by atoms with van der Waals surface area (Å²) < 4.78 is 5.71. The van der Waals surface area contributed by atoms with E-state index in [1.807, 2.05) is 25.1 Å². The fraction of sp³-hybridized carbons (Fsp3) is 0.435. The summed E-state index contributed by atoms with van der Waals surface area (Å²) in [5, 5.41) is 15.0. The highest BCUT2D eigenvalue weighted by Crippen LogP contribution is 2.38. The monoisotopic (exact) mass is 513 g/mol. The molecule has 3 heterocycles. The highest BCUT2D eigenvalue weighted by molar-refractivity contribution is 7.13. The Labute approximate surface area is 212 Å². The molecule has 2 aliphatic heterocycles. The number of likely N-dealkylation sites (N-methyl/N-ethyl adjacent to an activating group) is 1. The van der Waals surface area contributed by atoms with Gasteiger partial charge in [-0.15, -0.1) is 11.3 Å². The third-order valence-electron chi connectivity index (χ3n) is 6.75. The van der Waals surface area contributed by atoms with Gasteiger partial charge in [0.15, 0.2) is 10.9 Å². The van der Waals surface area contributed by atoms with Gasteiger partial charge < -0.3 is 25.6 Å². The summed E-state index contributed by atoms with van der Waals surface area (Å²) in [4.78, 5) is 58.0. The lowest BCUT2D eigenvalue weighted by molar-refractivity contribution is -0.153. The molecule has 11 nitrogen and oxygen atoms in total. The van der Waals surface area contributed by atoms with Crippen molar-refractivity contribution in [2.24, 2.45) is 0 Å². The summed E-state index contributed by atoms with van der Waals surface area (Å²) in [6, 6.07) is 4.76.